The van der Waals surface area contributed by atoms with Crippen LogP contribution in [0.5, 0.6) is 0 Å². The smallest absolute Gasteiger partial charge is 0.243 e. The Morgan fingerprint density at radius 1 is 1.07 bits per heavy atom. The summed E-state index contributed by atoms with van der Waals surface area (Å²) in [6.07, 6.45) is 0. The minimum atomic E-state index is -3.87. The van der Waals surface area contributed by atoms with Gasteiger partial charge in [-0.1, -0.05) is 19.0 Å². The molecule has 0 spiro atoms. The Morgan fingerprint density at radius 3 is 2.30 bits per heavy atom. The second-order valence-electron chi connectivity index (χ2n) is 6.84. The summed E-state index contributed by atoms with van der Waals surface area (Å²) in [7, 11) is -3.87. The van der Waals surface area contributed by atoms with Gasteiger partial charge >= 0.3 is 0 Å². The molecule has 0 amide bonds. The highest BCUT2D eigenvalue weighted by atomic mass is 32.2. The summed E-state index contributed by atoms with van der Waals surface area (Å²) in [5.74, 6) is -0.964. The van der Waals surface area contributed by atoms with E-state index in [1.54, 1.807) is 0 Å². The van der Waals surface area contributed by atoms with Gasteiger partial charge in [-0.25, -0.2) is 17.2 Å². The van der Waals surface area contributed by atoms with Crippen LogP contribution < -0.4 is 0 Å². The third kappa shape index (κ3) is 4.02. The topological polar surface area (TPSA) is 79.5 Å². The van der Waals surface area contributed by atoms with Crippen LogP contribution in [-0.4, -0.2) is 53.9 Å². The summed E-state index contributed by atoms with van der Waals surface area (Å²) in [6, 6.07) is 2.47. The maximum absolute atomic E-state index is 13.4. The molecule has 148 valence electrons. The van der Waals surface area contributed by atoms with Gasteiger partial charge in [0.15, 0.2) is 17.5 Å². The standard InChI is InChI=1S/C17H22F2N4O3S/c1-11(2)16-20-17(26-21-16)12(3)22-6-8-23(9-7-22)27(24,25)13-4-5-14(18)15(19)10-13/h4-5,10-12H,6-9H2,1-3H3. The molecule has 0 N–H and O–H groups in total. The van der Waals surface area contributed by atoms with Crippen LogP contribution >= 0.6 is 0 Å². The summed E-state index contributed by atoms with van der Waals surface area (Å²) in [4.78, 5) is 6.19. The molecule has 0 radical (unpaired) electrons. The van der Waals surface area contributed by atoms with Gasteiger partial charge in [0, 0.05) is 32.1 Å². The predicted octanol–water partition coefficient (Wildman–Crippen LogP) is 2.54. The van der Waals surface area contributed by atoms with Crippen molar-refractivity contribution in [1.82, 2.24) is 19.3 Å². The highest BCUT2D eigenvalue weighted by Gasteiger charge is 2.32. The van der Waals surface area contributed by atoms with E-state index in [4.69, 9.17) is 4.52 Å². The minimum absolute atomic E-state index is 0.141. The van der Waals surface area contributed by atoms with Crippen molar-refractivity contribution in [1.29, 1.82) is 0 Å². The van der Waals surface area contributed by atoms with Crippen LogP contribution in [0, 0.1) is 11.6 Å². The zero-order chi connectivity index (χ0) is 19.8. The molecule has 0 aliphatic carbocycles. The Kier molecular flexibility index (Phi) is 5.59. The summed E-state index contributed by atoms with van der Waals surface area (Å²) < 4.78 is 58.4. The van der Waals surface area contributed by atoms with Crippen LogP contribution in [-0.2, 0) is 10.0 Å². The molecule has 2 aromatic rings. The number of aromatic nitrogens is 2. The molecule has 2 heterocycles. The number of benzene rings is 1. The van der Waals surface area contributed by atoms with Gasteiger partial charge in [-0.05, 0) is 25.1 Å². The molecule has 1 atom stereocenters. The van der Waals surface area contributed by atoms with Crippen LogP contribution in [0.1, 0.15) is 44.4 Å². The molecule has 1 aromatic carbocycles. The number of piperazine rings is 1. The van der Waals surface area contributed by atoms with Crippen molar-refractivity contribution in [2.75, 3.05) is 26.2 Å². The fraction of sp³-hybridized carbons (Fsp3) is 0.529. The number of hydrogen-bond acceptors (Lipinski definition) is 6. The maximum atomic E-state index is 13.4. The van der Waals surface area contributed by atoms with Crippen molar-refractivity contribution >= 4 is 10.0 Å². The molecule has 10 heteroatoms. The molecule has 0 saturated carbocycles. The zero-order valence-corrected chi connectivity index (χ0v) is 16.2. The van der Waals surface area contributed by atoms with Gasteiger partial charge < -0.3 is 4.52 Å². The Balaban J connectivity index is 1.67. The van der Waals surface area contributed by atoms with Crippen molar-refractivity contribution in [3.05, 3.63) is 41.5 Å². The first-order chi connectivity index (χ1) is 12.7. The van der Waals surface area contributed by atoms with E-state index in [1.165, 1.54) is 4.31 Å². The Morgan fingerprint density at radius 2 is 1.74 bits per heavy atom. The molecule has 1 aliphatic heterocycles. The quantitative estimate of drug-likeness (QED) is 0.767. The normalized spacial score (nSPS) is 18.1. The van der Waals surface area contributed by atoms with Crippen LogP contribution in [0.4, 0.5) is 8.78 Å². The van der Waals surface area contributed by atoms with E-state index in [0.29, 0.717) is 30.9 Å². The molecule has 1 aromatic heterocycles. The van der Waals surface area contributed by atoms with Crippen molar-refractivity contribution in [3.8, 4) is 0 Å². The molecule has 1 saturated heterocycles. The summed E-state index contributed by atoms with van der Waals surface area (Å²) in [5, 5.41) is 3.96. The number of sulfonamides is 1. The average Bonchev–Trinajstić information content (AvgIpc) is 3.14. The number of halogens is 2. The largest absolute Gasteiger partial charge is 0.338 e. The Labute approximate surface area is 157 Å². The fourth-order valence-electron chi connectivity index (χ4n) is 2.93. The number of nitrogens with zero attached hydrogens (tertiary/aromatic N) is 4. The molecule has 3 rings (SSSR count). The molecule has 1 aliphatic rings. The lowest BCUT2D eigenvalue weighted by molar-refractivity contribution is 0.124. The average molecular weight is 400 g/mol. The summed E-state index contributed by atoms with van der Waals surface area (Å²) in [5.41, 5.74) is 0. The van der Waals surface area contributed by atoms with Crippen molar-refractivity contribution < 1.29 is 21.7 Å². The molecule has 1 unspecified atom stereocenters. The Bertz CT molecular complexity index is 909. The van der Waals surface area contributed by atoms with Crippen LogP contribution in [0.25, 0.3) is 0 Å². The van der Waals surface area contributed by atoms with Gasteiger partial charge in [-0.2, -0.15) is 9.29 Å². The molecule has 1 fully saturated rings. The van der Waals surface area contributed by atoms with Crippen molar-refractivity contribution in [2.24, 2.45) is 0 Å². The van der Waals surface area contributed by atoms with Crippen molar-refractivity contribution in [2.45, 2.75) is 37.6 Å². The van der Waals surface area contributed by atoms with Gasteiger partial charge in [0.1, 0.15) is 0 Å². The molecule has 27 heavy (non-hydrogen) atoms. The highest BCUT2D eigenvalue weighted by molar-refractivity contribution is 7.89. The third-order valence-corrected chi connectivity index (χ3v) is 6.58. The van der Waals surface area contributed by atoms with Gasteiger partial charge in [0.05, 0.1) is 10.9 Å². The number of hydrogen-bond donors (Lipinski definition) is 0. The highest BCUT2D eigenvalue weighted by Crippen LogP contribution is 2.25. The van der Waals surface area contributed by atoms with E-state index in [9.17, 15) is 17.2 Å². The van der Waals surface area contributed by atoms with E-state index in [-0.39, 0.29) is 29.9 Å². The monoisotopic (exact) mass is 400 g/mol. The van der Waals surface area contributed by atoms with Crippen LogP contribution in [0.15, 0.2) is 27.6 Å². The fourth-order valence-corrected chi connectivity index (χ4v) is 4.36. The first kappa shape index (κ1) is 19.8. The van der Waals surface area contributed by atoms with Gasteiger partial charge in [-0.15, -0.1) is 0 Å². The predicted molar refractivity (Wildman–Crippen MR) is 93.5 cm³/mol. The lowest BCUT2D eigenvalue weighted by atomic mass is 10.2. The second-order valence-corrected chi connectivity index (χ2v) is 8.78. The maximum Gasteiger partial charge on any atom is 0.243 e. The third-order valence-electron chi connectivity index (χ3n) is 4.68. The lowest BCUT2D eigenvalue weighted by Crippen LogP contribution is -2.49. The van der Waals surface area contributed by atoms with Gasteiger partial charge in [-0.3, -0.25) is 4.90 Å². The molecular formula is C17H22F2N4O3S. The lowest BCUT2D eigenvalue weighted by Gasteiger charge is -2.36. The summed E-state index contributed by atoms with van der Waals surface area (Å²) >= 11 is 0. The SMILES string of the molecule is CC(C)c1noc(C(C)N2CCN(S(=O)(=O)c3ccc(F)c(F)c3)CC2)n1. The van der Waals surface area contributed by atoms with E-state index >= 15 is 0 Å². The molecule has 7 nitrogen and oxygen atoms in total. The van der Waals surface area contributed by atoms with Crippen molar-refractivity contribution in [3.63, 3.8) is 0 Å². The van der Waals surface area contributed by atoms with Gasteiger partial charge in [0.25, 0.3) is 0 Å². The second kappa shape index (κ2) is 7.61. The summed E-state index contributed by atoms with van der Waals surface area (Å²) in [6.45, 7) is 7.26. The van der Waals surface area contributed by atoms with Crippen LogP contribution in [0.2, 0.25) is 0 Å². The first-order valence-electron chi connectivity index (χ1n) is 8.73. The van der Waals surface area contributed by atoms with E-state index in [1.807, 2.05) is 20.8 Å². The minimum Gasteiger partial charge on any atom is -0.338 e. The van der Waals surface area contributed by atoms with Crippen LogP contribution in [0.3, 0.4) is 0 Å². The first-order valence-corrected chi connectivity index (χ1v) is 10.2. The molecular weight excluding hydrogens is 378 g/mol. The zero-order valence-electron chi connectivity index (χ0n) is 15.4. The Hall–Kier alpha value is -1.91. The van der Waals surface area contributed by atoms with E-state index < -0.39 is 21.7 Å². The number of rotatable bonds is 5. The molecule has 0 bridgehead atoms. The van der Waals surface area contributed by atoms with Gasteiger partial charge in [0.2, 0.25) is 15.9 Å². The van der Waals surface area contributed by atoms with E-state index in [2.05, 4.69) is 15.0 Å². The van der Waals surface area contributed by atoms with E-state index in [0.717, 1.165) is 12.1 Å².